The second kappa shape index (κ2) is 22.3. The zero-order chi connectivity index (χ0) is 36.8. The second-order valence-corrected chi connectivity index (χ2v) is 10.2. The zero-order valence-electron chi connectivity index (χ0n) is 24.5. The molecule has 2 fully saturated rings. The van der Waals surface area contributed by atoms with E-state index in [0.29, 0.717) is 0 Å². The Hall–Kier alpha value is -1.50. The Labute approximate surface area is 265 Å². The highest BCUT2D eigenvalue weighted by molar-refractivity contribution is 5.57. The molecule has 2 aliphatic heterocycles. The third-order valence-corrected chi connectivity index (χ3v) is 6.82. The highest BCUT2D eigenvalue weighted by Crippen LogP contribution is 2.28. The Morgan fingerprint density at radius 1 is 0.532 bits per heavy atom. The fraction of sp³-hybridized carbons (Fsp3) is 0.917. The highest BCUT2D eigenvalue weighted by Gasteiger charge is 2.50. The van der Waals surface area contributed by atoms with Crippen LogP contribution in [0, 0.1) is 0 Å². The summed E-state index contributed by atoms with van der Waals surface area (Å²) in [5.74, 6) is 0. The van der Waals surface area contributed by atoms with Crippen molar-refractivity contribution in [3.8, 4) is 0 Å². The van der Waals surface area contributed by atoms with Crippen LogP contribution in [0.15, 0.2) is 0 Å². The molecule has 0 aromatic carbocycles. The Morgan fingerprint density at radius 2 is 0.957 bits per heavy atom. The van der Waals surface area contributed by atoms with Crippen LogP contribution < -0.4 is 0 Å². The van der Waals surface area contributed by atoms with Gasteiger partial charge < -0.3 is 116 Å². The zero-order valence-corrected chi connectivity index (χ0v) is 24.5. The second-order valence-electron chi connectivity index (χ2n) is 10.2. The molecule has 2 saturated heterocycles. The van der Waals surface area contributed by atoms with Crippen molar-refractivity contribution in [3.05, 3.63) is 0 Å². The van der Waals surface area contributed by atoms with Crippen molar-refractivity contribution in [2.45, 2.75) is 110 Å². The molecule has 47 heavy (non-hydrogen) atoms. The first kappa shape index (κ1) is 45.5. The van der Waals surface area contributed by atoms with Gasteiger partial charge in [-0.15, -0.1) is 0 Å². The summed E-state index contributed by atoms with van der Waals surface area (Å²) in [6.07, 6.45) is -29.2. The van der Waals surface area contributed by atoms with E-state index in [1.807, 2.05) is 0 Å². The van der Waals surface area contributed by atoms with Gasteiger partial charge in [-0.2, -0.15) is 0 Å². The fourth-order valence-corrected chi connectivity index (χ4v) is 3.81. The van der Waals surface area contributed by atoms with Crippen LogP contribution in [-0.2, 0) is 23.8 Å². The monoisotopic (exact) mass is 702 g/mol. The van der Waals surface area contributed by atoms with Crippen LogP contribution in [0.5, 0.6) is 0 Å². The smallest absolute Gasteiger partial charge is 0.187 e. The number of hydrogen-bond acceptors (Lipinski definition) is 23. The van der Waals surface area contributed by atoms with Gasteiger partial charge in [-0.05, 0) is 0 Å². The molecule has 0 saturated carbocycles. The SMILES string of the molecule is O=C[C@H](O)[C@@H](O)[C@@H](O)[C@H](O)CO.O=C[C@H](O)[C@@H](O)[C@H](O)[C@H](O)CO.OC[C@H]1O[C@@H](O[C@H]2[C@H](O)[C@@H](O)C(O)O[C@@H]2CO)[C@H](O)[C@@H](O)[C@H]1O. The van der Waals surface area contributed by atoms with Gasteiger partial charge in [0.05, 0.1) is 26.4 Å². The van der Waals surface area contributed by atoms with Crippen molar-refractivity contribution in [1.82, 2.24) is 0 Å². The number of carbonyl (C=O) groups is 2. The minimum absolute atomic E-state index is 0.0258. The quantitative estimate of drug-likeness (QED) is 0.0747. The number of hydrogen-bond donors (Lipinski definition) is 18. The number of aliphatic hydroxyl groups excluding tert-OH is 18. The first-order valence-corrected chi connectivity index (χ1v) is 13.7. The van der Waals surface area contributed by atoms with Crippen molar-refractivity contribution < 1.29 is 116 Å². The summed E-state index contributed by atoms with van der Waals surface area (Å²) in [7, 11) is 0. The van der Waals surface area contributed by atoms with E-state index in [0.717, 1.165) is 0 Å². The van der Waals surface area contributed by atoms with Crippen LogP contribution in [0.3, 0.4) is 0 Å². The lowest BCUT2D eigenvalue weighted by molar-refractivity contribution is -0.355. The average molecular weight is 703 g/mol. The number of aliphatic hydroxyl groups is 18. The topological polar surface area (TPSA) is 426 Å². The van der Waals surface area contributed by atoms with Gasteiger partial charge in [0.2, 0.25) is 0 Å². The molecule has 0 spiro atoms. The van der Waals surface area contributed by atoms with Crippen LogP contribution >= 0.6 is 0 Å². The molecule has 18 atom stereocenters. The maximum atomic E-state index is 9.94. The highest BCUT2D eigenvalue weighted by atomic mass is 16.7. The molecule has 2 heterocycles. The lowest BCUT2D eigenvalue weighted by Gasteiger charge is -2.45. The van der Waals surface area contributed by atoms with E-state index < -0.39 is 137 Å². The number of carbonyl (C=O) groups excluding carboxylic acids is 2. The van der Waals surface area contributed by atoms with Gasteiger partial charge in [0, 0.05) is 0 Å². The molecule has 0 aromatic rings. The predicted octanol–water partition coefficient (Wildman–Crippen LogP) is -12.2. The molecule has 0 bridgehead atoms. The molecule has 23 heteroatoms. The van der Waals surface area contributed by atoms with Gasteiger partial charge in [-0.1, -0.05) is 0 Å². The van der Waals surface area contributed by atoms with Crippen molar-refractivity contribution in [2.75, 3.05) is 26.4 Å². The van der Waals surface area contributed by atoms with Crippen molar-refractivity contribution in [3.63, 3.8) is 0 Å². The van der Waals surface area contributed by atoms with Gasteiger partial charge in [0.1, 0.15) is 97.7 Å². The van der Waals surface area contributed by atoms with E-state index in [4.69, 9.17) is 70.4 Å². The van der Waals surface area contributed by atoms with Crippen molar-refractivity contribution in [2.24, 2.45) is 0 Å². The van der Waals surface area contributed by atoms with Crippen LogP contribution in [-0.4, -0.2) is 241 Å². The van der Waals surface area contributed by atoms with Gasteiger partial charge in [-0.25, -0.2) is 0 Å². The molecule has 0 amide bonds. The van der Waals surface area contributed by atoms with E-state index in [1.165, 1.54) is 0 Å². The number of rotatable bonds is 14. The van der Waals surface area contributed by atoms with Gasteiger partial charge >= 0.3 is 0 Å². The average Bonchev–Trinajstić information content (AvgIpc) is 3.09. The maximum Gasteiger partial charge on any atom is 0.187 e. The summed E-state index contributed by atoms with van der Waals surface area (Å²) < 4.78 is 15.3. The summed E-state index contributed by atoms with van der Waals surface area (Å²) >= 11 is 0. The minimum atomic E-state index is -1.79. The number of aldehydes is 2. The maximum absolute atomic E-state index is 9.94. The molecular formula is C24H46O23. The van der Waals surface area contributed by atoms with Crippen molar-refractivity contribution in [1.29, 1.82) is 0 Å². The summed E-state index contributed by atoms with van der Waals surface area (Å²) in [4.78, 5) is 19.8. The van der Waals surface area contributed by atoms with Gasteiger partial charge in [0.15, 0.2) is 25.2 Å². The summed E-state index contributed by atoms with van der Waals surface area (Å²) in [5.41, 5.74) is 0. The molecule has 0 aromatic heterocycles. The first-order chi connectivity index (χ1) is 21.9. The minimum Gasteiger partial charge on any atom is -0.394 e. The normalized spacial score (nSPS) is 36.0. The Balaban J connectivity index is 0.000000749. The largest absolute Gasteiger partial charge is 0.394 e. The molecular weight excluding hydrogens is 656 g/mol. The molecule has 280 valence electrons. The molecule has 2 aliphatic rings. The first-order valence-electron chi connectivity index (χ1n) is 13.7. The Morgan fingerprint density at radius 3 is 1.32 bits per heavy atom. The third kappa shape index (κ3) is 13.0. The van der Waals surface area contributed by atoms with Gasteiger partial charge in [-0.3, -0.25) is 0 Å². The predicted molar refractivity (Wildman–Crippen MR) is 143 cm³/mol. The molecule has 0 aliphatic carbocycles. The van der Waals surface area contributed by atoms with E-state index >= 15 is 0 Å². The summed E-state index contributed by atoms with van der Waals surface area (Å²) in [5, 5.41) is 164. The summed E-state index contributed by atoms with van der Waals surface area (Å²) in [6, 6.07) is 0. The summed E-state index contributed by atoms with van der Waals surface area (Å²) in [6.45, 7) is -2.87. The van der Waals surface area contributed by atoms with Gasteiger partial charge in [0.25, 0.3) is 0 Å². The Bertz CT molecular complexity index is 820. The van der Waals surface area contributed by atoms with Crippen LogP contribution in [0.2, 0.25) is 0 Å². The standard InChI is InChI=1S/C12H22O11.2C6H12O6/c13-1-3-5(15)6(16)9(19)12(22-3)23-10-4(2-14)21-11(20)8(18)7(10)17;2*7-1-3(9)5(11)6(12)4(10)2-8/h3-20H,1-2H2;2*1,3-6,8-12H,2H2/t3-,4-,5+,6+,7-,8-,9-,10-,11?,12+;3-,4+,5+,6+;3-,4+,5+,6-/m100/s1. The molecule has 23 nitrogen and oxygen atoms in total. The molecule has 2 rings (SSSR count). The lowest BCUT2D eigenvalue weighted by Crippen LogP contribution is -2.64. The molecule has 18 N–H and O–H groups in total. The lowest BCUT2D eigenvalue weighted by atomic mass is 9.97. The van der Waals surface area contributed by atoms with Crippen LogP contribution in [0.1, 0.15) is 0 Å². The Kier molecular flexibility index (Phi) is 21.6. The van der Waals surface area contributed by atoms with Crippen molar-refractivity contribution >= 4 is 12.6 Å². The van der Waals surface area contributed by atoms with Crippen LogP contribution in [0.25, 0.3) is 0 Å². The fourth-order valence-electron chi connectivity index (χ4n) is 3.81. The van der Waals surface area contributed by atoms with Crippen LogP contribution in [0.4, 0.5) is 0 Å². The van der Waals surface area contributed by atoms with E-state index in [1.54, 1.807) is 0 Å². The molecule has 0 radical (unpaired) electrons. The van der Waals surface area contributed by atoms with E-state index in [2.05, 4.69) is 0 Å². The van der Waals surface area contributed by atoms with E-state index in [-0.39, 0.29) is 12.6 Å². The van der Waals surface area contributed by atoms with E-state index in [9.17, 15) is 45.3 Å². The molecule has 1 unspecified atom stereocenters. The third-order valence-electron chi connectivity index (χ3n) is 6.82. The number of ether oxygens (including phenoxy) is 3.